The summed E-state index contributed by atoms with van der Waals surface area (Å²) in [4.78, 5) is 0. The average molecular weight is 269 g/mol. The maximum atomic E-state index is 6.38. The second kappa shape index (κ2) is 5.73. The van der Waals surface area contributed by atoms with E-state index in [2.05, 4.69) is 6.92 Å². The van der Waals surface area contributed by atoms with Gasteiger partial charge in [0.15, 0.2) is 0 Å². The average Bonchev–Trinajstić information content (AvgIpc) is 2.38. The molecule has 0 nitrogen and oxygen atoms in total. The number of hydrogen-bond donors (Lipinski definition) is 0. The van der Waals surface area contributed by atoms with E-state index in [-0.39, 0.29) is 0 Å². The minimum absolute atomic E-state index is 0.499. The first-order valence-electron chi connectivity index (χ1n) is 8.42. The topological polar surface area (TPSA) is 0 Å². The molecule has 0 amide bonds. The van der Waals surface area contributed by atoms with Crippen molar-refractivity contribution in [2.24, 2.45) is 29.6 Å². The van der Waals surface area contributed by atoms with Crippen molar-refractivity contribution >= 4 is 11.6 Å². The Balaban J connectivity index is 1.63. The summed E-state index contributed by atoms with van der Waals surface area (Å²) in [5.74, 6) is 5.29. The number of hydrogen-bond acceptors (Lipinski definition) is 0. The number of alkyl halides is 1. The molecule has 104 valence electrons. The second-order valence-electron chi connectivity index (χ2n) is 7.30. The Kier molecular flexibility index (Phi) is 4.23. The molecular formula is C17H29Cl. The molecule has 0 bridgehead atoms. The van der Waals surface area contributed by atoms with Gasteiger partial charge < -0.3 is 0 Å². The minimum Gasteiger partial charge on any atom is -0.123 e. The zero-order valence-electron chi connectivity index (χ0n) is 11.9. The van der Waals surface area contributed by atoms with Crippen LogP contribution in [-0.4, -0.2) is 5.38 Å². The van der Waals surface area contributed by atoms with Crippen LogP contribution in [0, 0.1) is 29.6 Å². The Labute approximate surface area is 118 Å². The number of rotatable bonds is 2. The number of fused-ring (bicyclic) bond motifs is 3. The van der Waals surface area contributed by atoms with Crippen molar-refractivity contribution in [3.63, 3.8) is 0 Å². The van der Waals surface area contributed by atoms with E-state index in [1.54, 1.807) is 12.8 Å². The summed E-state index contributed by atoms with van der Waals surface area (Å²) in [6.45, 7) is 2.35. The van der Waals surface area contributed by atoms with E-state index in [1.807, 2.05) is 0 Å². The van der Waals surface area contributed by atoms with E-state index in [0.29, 0.717) is 5.38 Å². The predicted molar refractivity (Wildman–Crippen MR) is 78.9 cm³/mol. The van der Waals surface area contributed by atoms with Gasteiger partial charge in [-0.25, -0.2) is 0 Å². The van der Waals surface area contributed by atoms with Crippen LogP contribution in [0.4, 0.5) is 0 Å². The maximum absolute atomic E-state index is 6.38. The van der Waals surface area contributed by atoms with Crippen molar-refractivity contribution < 1.29 is 0 Å². The molecule has 0 heterocycles. The van der Waals surface area contributed by atoms with Crippen LogP contribution in [0.25, 0.3) is 0 Å². The fourth-order valence-electron chi connectivity index (χ4n) is 5.50. The first kappa shape index (κ1) is 13.3. The molecule has 0 aliphatic heterocycles. The predicted octanol–water partition coefficient (Wildman–Crippen LogP) is 5.64. The van der Waals surface area contributed by atoms with Gasteiger partial charge in [-0.15, -0.1) is 11.6 Å². The lowest BCUT2D eigenvalue weighted by atomic mass is 9.56. The highest BCUT2D eigenvalue weighted by atomic mass is 35.5. The van der Waals surface area contributed by atoms with Crippen molar-refractivity contribution in [3.05, 3.63) is 0 Å². The van der Waals surface area contributed by atoms with Gasteiger partial charge >= 0.3 is 0 Å². The van der Waals surface area contributed by atoms with Crippen LogP contribution in [-0.2, 0) is 0 Å². The van der Waals surface area contributed by atoms with Crippen LogP contribution in [0.15, 0.2) is 0 Å². The van der Waals surface area contributed by atoms with Crippen molar-refractivity contribution in [2.75, 3.05) is 0 Å². The summed E-state index contributed by atoms with van der Waals surface area (Å²) < 4.78 is 0. The molecule has 3 aliphatic rings. The van der Waals surface area contributed by atoms with Crippen molar-refractivity contribution in [1.82, 2.24) is 0 Å². The van der Waals surface area contributed by atoms with Crippen LogP contribution in [0.3, 0.4) is 0 Å². The van der Waals surface area contributed by atoms with Gasteiger partial charge in [-0.2, -0.15) is 0 Å². The SMILES string of the molecule is CCC[C@H]1CCC2C(CCC3C[C@@H](Cl)CCC32)C1. The van der Waals surface area contributed by atoms with Crippen LogP contribution in [0.2, 0.25) is 0 Å². The zero-order valence-corrected chi connectivity index (χ0v) is 12.7. The third kappa shape index (κ3) is 2.60. The van der Waals surface area contributed by atoms with Crippen molar-refractivity contribution in [2.45, 2.75) is 76.5 Å². The monoisotopic (exact) mass is 268 g/mol. The van der Waals surface area contributed by atoms with Crippen molar-refractivity contribution in [1.29, 1.82) is 0 Å². The van der Waals surface area contributed by atoms with E-state index in [0.717, 1.165) is 29.6 Å². The molecule has 6 atom stereocenters. The molecule has 3 aliphatic carbocycles. The summed E-state index contributed by atoms with van der Waals surface area (Å²) in [6.07, 6.45) is 14.6. The Morgan fingerprint density at radius 1 is 0.833 bits per heavy atom. The summed E-state index contributed by atoms with van der Waals surface area (Å²) in [5.41, 5.74) is 0. The minimum atomic E-state index is 0.499. The summed E-state index contributed by atoms with van der Waals surface area (Å²) >= 11 is 6.38. The Hall–Kier alpha value is 0.290. The van der Waals surface area contributed by atoms with Crippen LogP contribution < -0.4 is 0 Å². The summed E-state index contributed by atoms with van der Waals surface area (Å²) in [7, 11) is 0. The molecule has 18 heavy (non-hydrogen) atoms. The van der Waals surface area contributed by atoms with E-state index in [1.165, 1.54) is 51.4 Å². The highest BCUT2D eigenvalue weighted by Crippen LogP contribution is 2.53. The van der Waals surface area contributed by atoms with Gasteiger partial charge in [0.2, 0.25) is 0 Å². The van der Waals surface area contributed by atoms with Gasteiger partial charge in [0.05, 0.1) is 0 Å². The van der Waals surface area contributed by atoms with Gasteiger partial charge in [0, 0.05) is 5.38 Å². The Morgan fingerprint density at radius 3 is 2.22 bits per heavy atom. The van der Waals surface area contributed by atoms with Gasteiger partial charge in [0.1, 0.15) is 0 Å². The molecule has 0 aromatic carbocycles. The van der Waals surface area contributed by atoms with Crippen molar-refractivity contribution in [3.8, 4) is 0 Å². The highest BCUT2D eigenvalue weighted by Gasteiger charge is 2.43. The molecule has 0 spiro atoms. The third-order valence-electron chi connectivity index (χ3n) is 6.28. The smallest absolute Gasteiger partial charge is 0.0338 e. The molecular weight excluding hydrogens is 240 g/mol. The lowest BCUT2D eigenvalue weighted by Crippen LogP contribution is -2.41. The molecule has 3 fully saturated rings. The van der Waals surface area contributed by atoms with Gasteiger partial charge in [-0.1, -0.05) is 26.2 Å². The Morgan fingerprint density at radius 2 is 1.50 bits per heavy atom. The molecule has 0 radical (unpaired) electrons. The highest BCUT2D eigenvalue weighted by molar-refractivity contribution is 6.20. The molecule has 3 rings (SSSR count). The van der Waals surface area contributed by atoms with Gasteiger partial charge in [0.25, 0.3) is 0 Å². The quantitative estimate of drug-likeness (QED) is 0.569. The summed E-state index contributed by atoms with van der Waals surface area (Å²) in [6, 6.07) is 0. The molecule has 4 unspecified atom stereocenters. The van der Waals surface area contributed by atoms with Gasteiger partial charge in [-0.05, 0) is 74.5 Å². The molecule has 0 aromatic rings. The normalized spacial score (nSPS) is 48.3. The Bertz CT molecular complexity index is 275. The lowest BCUT2D eigenvalue weighted by Gasteiger charge is -2.50. The van der Waals surface area contributed by atoms with E-state index < -0.39 is 0 Å². The van der Waals surface area contributed by atoms with Crippen LogP contribution in [0.5, 0.6) is 0 Å². The first-order valence-corrected chi connectivity index (χ1v) is 8.85. The standard InChI is InChI=1S/C17H29Cl/c1-2-3-12-4-8-16-13(10-12)5-6-14-11-15(18)7-9-17(14)16/h12-17H,2-11H2,1H3/t12-,13?,14?,15-,16?,17?/m0/s1. The molecule has 1 heteroatoms. The van der Waals surface area contributed by atoms with Crippen LogP contribution in [0.1, 0.15) is 71.1 Å². The lowest BCUT2D eigenvalue weighted by molar-refractivity contribution is 0.0113. The zero-order chi connectivity index (χ0) is 12.5. The largest absolute Gasteiger partial charge is 0.123 e. The molecule has 0 N–H and O–H groups in total. The third-order valence-corrected chi connectivity index (χ3v) is 6.68. The fraction of sp³-hybridized carbons (Fsp3) is 1.00. The van der Waals surface area contributed by atoms with Crippen LogP contribution >= 0.6 is 11.6 Å². The maximum Gasteiger partial charge on any atom is 0.0338 e. The van der Waals surface area contributed by atoms with Gasteiger partial charge in [-0.3, -0.25) is 0 Å². The summed E-state index contributed by atoms with van der Waals surface area (Å²) in [5, 5.41) is 0.499. The molecule has 0 saturated heterocycles. The fourth-order valence-corrected chi connectivity index (χ4v) is 5.86. The molecule has 3 saturated carbocycles. The molecule has 0 aromatic heterocycles. The number of halogens is 1. The van der Waals surface area contributed by atoms with E-state index in [9.17, 15) is 0 Å². The first-order chi connectivity index (χ1) is 8.78. The second-order valence-corrected chi connectivity index (χ2v) is 7.92. The van der Waals surface area contributed by atoms with E-state index >= 15 is 0 Å². The van der Waals surface area contributed by atoms with E-state index in [4.69, 9.17) is 11.6 Å².